The Hall–Kier alpha value is -1.32. The van der Waals surface area contributed by atoms with E-state index in [0.29, 0.717) is 17.3 Å². The number of hydrogen-bond acceptors (Lipinski definition) is 3. The van der Waals surface area contributed by atoms with Crippen LogP contribution in [0.5, 0.6) is 0 Å². The molecule has 3 aliphatic carbocycles. The quantitative estimate of drug-likeness (QED) is 0.548. The fraction of sp³-hybridized carbons (Fsp3) is 0.826. The van der Waals surface area contributed by atoms with E-state index in [1.54, 1.807) is 0 Å². The lowest BCUT2D eigenvalue weighted by Gasteiger charge is -2.57. The van der Waals surface area contributed by atoms with Crippen molar-refractivity contribution >= 4 is 11.9 Å². The number of amides is 1. The Balaban J connectivity index is 1.66. The van der Waals surface area contributed by atoms with Crippen LogP contribution in [0.4, 0.5) is 0 Å². The Kier molecular flexibility index (Phi) is 4.29. The highest BCUT2D eigenvalue weighted by molar-refractivity contribution is 6.17. The van der Waals surface area contributed by atoms with Crippen molar-refractivity contribution in [1.82, 2.24) is 5.32 Å². The van der Waals surface area contributed by atoms with E-state index < -0.39 is 5.97 Å². The minimum absolute atomic E-state index is 0.0804. The molecule has 4 rings (SSSR count). The summed E-state index contributed by atoms with van der Waals surface area (Å²) < 4.78 is 5.86. The zero-order valence-electron chi connectivity index (χ0n) is 17.6. The zero-order chi connectivity index (χ0) is 19.6. The lowest BCUT2D eigenvalue weighted by Crippen LogP contribution is -2.56. The monoisotopic (exact) mass is 373 g/mol. The van der Waals surface area contributed by atoms with E-state index in [1.807, 2.05) is 26.8 Å². The van der Waals surface area contributed by atoms with Gasteiger partial charge in [-0.05, 0) is 82.5 Å². The molecule has 1 unspecified atom stereocenters. The predicted molar refractivity (Wildman–Crippen MR) is 105 cm³/mol. The summed E-state index contributed by atoms with van der Waals surface area (Å²) in [6, 6.07) is 0. The largest absolute Gasteiger partial charge is 0.458 e. The first-order valence-corrected chi connectivity index (χ1v) is 10.8. The smallest absolute Gasteiger partial charge is 0.343 e. The maximum absolute atomic E-state index is 12.8. The first-order valence-electron chi connectivity index (χ1n) is 10.8. The third-order valence-electron chi connectivity index (χ3n) is 8.13. The predicted octanol–water partition coefficient (Wildman–Crippen LogP) is 4.39. The standard InChI is InChI=1S/C23H35NO3/c1-21(2,3)24-19(25)15-13-23(5)17-10-12-22(4)11-6-7-16(22)14(17)8-9-18(23)27-20(15)26/h13-14,16-18H,6-12H2,1-5H3,(H,24,25)/t14-,16-,17+,18?,22-,23+/m0/s1. The molecule has 6 atom stereocenters. The Bertz CT molecular complexity index is 690. The van der Waals surface area contributed by atoms with Crippen LogP contribution in [0.2, 0.25) is 0 Å². The van der Waals surface area contributed by atoms with Crippen molar-refractivity contribution in [3.8, 4) is 0 Å². The van der Waals surface area contributed by atoms with Gasteiger partial charge in [-0.25, -0.2) is 4.79 Å². The lowest BCUT2D eigenvalue weighted by atomic mass is 9.49. The van der Waals surface area contributed by atoms with Crippen molar-refractivity contribution in [1.29, 1.82) is 0 Å². The fourth-order valence-corrected chi connectivity index (χ4v) is 6.86. The van der Waals surface area contributed by atoms with Gasteiger partial charge in [0.2, 0.25) is 0 Å². The van der Waals surface area contributed by atoms with Gasteiger partial charge in [-0.2, -0.15) is 0 Å². The molecule has 0 aromatic carbocycles. The molecule has 1 N–H and O–H groups in total. The molecule has 1 heterocycles. The Morgan fingerprint density at radius 1 is 1.11 bits per heavy atom. The number of ether oxygens (including phenoxy) is 1. The van der Waals surface area contributed by atoms with Crippen molar-refractivity contribution in [3.05, 3.63) is 11.6 Å². The Labute approximate surface area is 163 Å². The second kappa shape index (κ2) is 6.09. The van der Waals surface area contributed by atoms with E-state index in [2.05, 4.69) is 19.2 Å². The minimum atomic E-state index is -0.445. The van der Waals surface area contributed by atoms with Crippen molar-refractivity contribution in [3.63, 3.8) is 0 Å². The summed E-state index contributed by atoms with van der Waals surface area (Å²) in [5.74, 6) is 1.27. The second-order valence-corrected chi connectivity index (χ2v) is 11.1. The summed E-state index contributed by atoms with van der Waals surface area (Å²) in [4.78, 5) is 25.3. The van der Waals surface area contributed by atoms with Gasteiger partial charge in [0, 0.05) is 11.0 Å². The summed E-state index contributed by atoms with van der Waals surface area (Å²) in [6.45, 7) is 10.5. The van der Waals surface area contributed by atoms with Gasteiger partial charge in [0.1, 0.15) is 11.7 Å². The number of nitrogens with one attached hydrogen (secondary N) is 1. The highest BCUT2D eigenvalue weighted by atomic mass is 16.5. The maximum Gasteiger partial charge on any atom is 0.343 e. The van der Waals surface area contributed by atoms with Crippen LogP contribution in [0.3, 0.4) is 0 Å². The molecule has 0 saturated heterocycles. The van der Waals surface area contributed by atoms with Crippen molar-refractivity contribution < 1.29 is 14.3 Å². The van der Waals surface area contributed by atoms with Crippen molar-refractivity contribution in [2.24, 2.45) is 28.6 Å². The average molecular weight is 374 g/mol. The Morgan fingerprint density at radius 3 is 2.56 bits per heavy atom. The van der Waals surface area contributed by atoms with Gasteiger partial charge in [-0.15, -0.1) is 0 Å². The summed E-state index contributed by atoms with van der Waals surface area (Å²) in [7, 11) is 0. The summed E-state index contributed by atoms with van der Waals surface area (Å²) in [5, 5.41) is 2.94. The van der Waals surface area contributed by atoms with Gasteiger partial charge in [0.15, 0.2) is 0 Å². The highest BCUT2D eigenvalue weighted by Gasteiger charge is 2.59. The lowest BCUT2D eigenvalue weighted by molar-refractivity contribution is -0.168. The summed E-state index contributed by atoms with van der Waals surface area (Å²) in [5.41, 5.74) is 0.128. The molecule has 0 radical (unpaired) electrons. The summed E-state index contributed by atoms with van der Waals surface area (Å²) >= 11 is 0. The zero-order valence-corrected chi connectivity index (χ0v) is 17.6. The summed E-state index contributed by atoms with van der Waals surface area (Å²) in [6.07, 6.45) is 10.5. The van der Waals surface area contributed by atoms with Crippen LogP contribution in [0, 0.1) is 28.6 Å². The number of esters is 1. The molecule has 1 aliphatic heterocycles. The number of carbonyl (C=O) groups excluding carboxylic acids is 2. The third-order valence-corrected chi connectivity index (χ3v) is 8.13. The van der Waals surface area contributed by atoms with Gasteiger partial charge in [0.05, 0.1) is 0 Å². The molecule has 0 aromatic rings. The number of hydrogen-bond donors (Lipinski definition) is 1. The first kappa shape index (κ1) is 19.0. The van der Waals surface area contributed by atoms with E-state index in [9.17, 15) is 9.59 Å². The minimum Gasteiger partial charge on any atom is -0.458 e. The van der Waals surface area contributed by atoms with Gasteiger partial charge in [-0.1, -0.05) is 26.3 Å². The van der Waals surface area contributed by atoms with Crippen LogP contribution in [0.15, 0.2) is 11.6 Å². The van der Waals surface area contributed by atoms with Gasteiger partial charge in [0.25, 0.3) is 5.91 Å². The molecule has 0 spiro atoms. The van der Waals surface area contributed by atoms with Crippen LogP contribution in [-0.4, -0.2) is 23.5 Å². The van der Waals surface area contributed by atoms with Crippen molar-refractivity contribution in [2.75, 3.05) is 0 Å². The topological polar surface area (TPSA) is 55.4 Å². The van der Waals surface area contributed by atoms with Gasteiger partial charge < -0.3 is 10.1 Å². The SMILES string of the molecule is CC(C)(C)NC(=O)C1=C[C@@]2(C)C(CC[C@@H]3[C@H]2CC[C@]2(C)CCC[C@@H]32)OC1=O. The van der Waals surface area contributed by atoms with E-state index in [4.69, 9.17) is 4.74 Å². The molecule has 150 valence electrons. The van der Waals surface area contributed by atoms with Crippen LogP contribution < -0.4 is 5.32 Å². The number of carbonyl (C=O) groups is 2. The normalized spacial score (nSPS) is 43.7. The number of rotatable bonds is 1. The van der Waals surface area contributed by atoms with E-state index >= 15 is 0 Å². The molecule has 0 aromatic heterocycles. The average Bonchev–Trinajstić information content (AvgIpc) is 2.95. The van der Waals surface area contributed by atoms with Crippen molar-refractivity contribution in [2.45, 2.75) is 91.2 Å². The molecule has 3 fully saturated rings. The molecule has 3 saturated carbocycles. The molecule has 27 heavy (non-hydrogen) atoms. The van der Waals surface area contributed by atoms with Crippen LogP contribution in [-0.2, 0) is 14.3 Å². The molecule has 4 aliphatic rings. The fourth-order valence-electron chi connectivity index (χ4n) is 6.86. The van der Waals surface area contributed by atoms with Crippen LogP contribution in [0.1, 0.15) is 79.6 Å². The highest BCUT2D eigenvalue weighted by Crippen LogP contribution is 2.64. The molecule has 4 nitrogen and oxygen atoms in total. The van der Waals surface area contributed by atoms with Crippen LogP contribution in [0.25, 0.3) is 0 Å². The first-order chi connectivity index (χ1) is 12.5. The molecular formula is C23H35NO3. The second-order valence-electron chi connectivity index (χ2n) is 11.1. The molecule has 1 amide bonds. The third kappa shape index (κ3) is 3.03. The van der Waals surface area contributed by atoms with Gasteiger partial charge >= 0.3 is 5.97 Å². The maximum atomic E-state index is 12.8. The molecular weight excluding hydrogens is 338 g/mol. The Morgan fingerprint density at radius 2 is 1.85 bits per heavy atom. The van der Waals surface area contributed by atoms with E-state index in [1.165, 1.54) is 32.1 Å². The van der Waals surface area contributed by atoms with E-state index in [-0.39, 0.29) is 28.5 Å². The van der Waals surface area contributed by atoms with E-state index in [0.717, 1.165) is 18.8 Å². The molecule has 0 bridgehead atoms. The van der Waals surface area contributed by atoms with Crippen LogP contribution >= 0.6 is 0 Å². The van der Waals surface area contributed by atoms with Gasteiger partial charge in [-0.3, -0.25) is 4.79 Å². The number of fused-ring (bicyclic) bond motifs is 5. The molecule has 4 heteroatoms.